The van der Waals surface area contributed by atoms with Gasteiger partial charge in [0.15, 0.2) is 5.96 Å². The van der Waals surface area contributed by atoms with Crippen molar-refractivity contribution in [2.45, 2.75) is 32.9 Å². The molecule has 0 spiro atoms. The van der Waals surface area contributed by atoms with E-state index in [0.29, 0.717) is 19.5 Å². The van der Waals surface area contributed by atoms with E-state index in [9.17, 15) is 4.79 Å². The van der Waals surface area contributed by atoms with Gasteiger partial charge in [-0.15, -0.1) is 0 Å². The molecule has 2 saturated heterocycles. The first-order valence-electron chi connectivity index (χ1n) is 12.0. The van der Waals surface area contributed by atoms with Crippen molar-refractivity contribution in [3.05, 3.63) is 59.7 Å². The standard InChI is InChI=1S/C26H35N5O2/c1-3-27-26(30-17-15-29(16-18-30)23-11-6-7-12-24(23)33-2)28-19-21-9-4-5-10-22(21)20-31-14-8-13-25(31)32/h4-7,9-12H,3,8,13-20H2,1-2H3,(H,27,28). The number of rotatable bonds is 7. The summed E-state index contributed by atoms with van der Waals surface area (Å²) in [6.07, 6.45) is 1.64. The summed E-state index contributed by atoms with van der Waals surface area (Å²) in [5.74, 6) is 2.12. The molecule has 0 unspecified atom stereocenters. The number of methoxy groups -OCH3 is 1. The lowest BCUT2D eigenvalue weighted by Gasteiger charge is -2.38. The highest BCUT2D eigenvalue weighted by Gasteiger charge is 2.23. The van der Waals surface area contributed by atoms with Gasteiger partial charge in [0, 0.05) is 52.2 Å². The van der Waals surface area contributed by atoms with Crippen LogP contribution >= 0.6 is 0 Å². The molecule has 2 aliphatic heterocycles. The van der Waals surface area contributed by atoms with E-state index in [4.69, 9.17) is 9.73 Å². The van der Waals surface area contributed by atoms with Gasteiger partial charge in [-0.1, -0.05) is 36.4 Å². The van der Waals surface area contributed by atoms with E-state index in [0.717, 1.165) is 63.1 Å². The molecule has 33 heavy (non-hydrogen) atoms. The zero-order chi connectivity index (χ0) is 23.0. The third-order valence-corrected chi connectivity index (χ3v) is 6.39. The van der Waals surface area contributed by atoms with Gasteiger partial charge < -0.3 is 24.8 Å². The minimum atomic E-state index is 0.259. The van der Waals surface area contributed by atoms with Crippen LogP contribution in [0.15, 0.2) is 53.5 Å². The van der Waals surface area contributed by atoms with Crippen LogP contribution in [-0.2, 0) is 17.9 Å². The number of nitrogens with zero attached hydrogens (tertiary/aromatic N) is 4. The topological polar surface area (TPSA) is 60.4 Å². The van der Waals surface area contributed by atoms with Crippen molar-refractivity contribution < 1.29 is 9.53 Å². The molecule has 7 nitrogen and oxygen atoms in total. The van der Waals surface area contributed by atoms with Crippen LogP contribution in [0.3, 0.4) is 0 Å². The van der Waals surface area contributed by atoms with Gasteiger partial charge in [0.1, 0.15) is 5.75 Å². The van der Waals surface area contributed by atoms with Crippen molar-refractivity contribution >= 4 is 17.6 Å². The molecule has 0 aliphatic carbocycles. The summed E-state index contributed by atoms with van der Waals surface area (Å²) in [6, 6.07) is 16.5. The SMILES string of the molecule is CCNC(=NCc1ccccc1CN1CCCC1=O)N1CCN(c2ccccc2OC)CC1. The van der Waals surface area contributed by atoms with Crippen LogP contribution in [0.1, 0.15) is 30.9 Å². The fourth-order valence-corrected chi connectivity index (χ4v) is 4.58. The Bertz CT molecular complexity index is 969. The molecule has 4 rings (SSSR count). The Kier molecular flexibility index (Phi) is 7.70. The van der Waals surface area contributed by atoms with Crippen molar-refractivity contribution in [3.63, 3.8) is 0 Å². The highest BCUT2D eigenvalue weighted by molar-refractivity contribution is 5.80. The normalized spacial score (nSPS) is 17.0. The molecule has 2 aliphatic rings. The number of piperazine rings is 1. The lowest BCUT2D eigenvalue weighted by molar-refractivity contribution is -0.128. The maximum absolute atomic E-state index is 12.1. The van der Waals surface area contributed by atoms with Crippen LogP contribution in [-0.4, -0.2) is 68.0 Å². The first-order chi connectivity index (χ1) is 16.2. The van der Waals surface area contributed by atoms with Gasteiger partial charge in [0.2, 0.25) is 5.91 Å². The molecule has 2 aromatic carbocycles. The van der Waals surface area contributed by atoms with Gasteiger partial charge >= 0.3 is 0 Å². The maximum atomic E-state index is 12.1. The van der Waals surface area contributed by atoms with Crippen LogP contribution < -0.4 is 15.0 Å². The maximum Gasteiger partial charge on any atom is 0.222 e. The van der Waals surface area contributed by atoms with Gasteiger partial charge in [0.25, 0.3) is 0 Å². The van der Waals surface area contributed by atoms with Crippen molar-refractivity contribution in [2.24, 2.45) is 4.99 Å². The Morgan fingerprint density at radius 1 is 1.00 bits per heavy atom. The molecular formula is C26H35N5O2. The Morgan fingerprint density at radius 2 is 1.73 bits per heavy atom. The number of aliphatic imine (C=N–C) groups is 1. The Morgan fingerprint density at radius 3 is 2.42 bits per heavy atom. The Balaban J connectivity index is 1.42. The van der Waals surface area contributed by atoms with Gasteiger partial charge in [-0.3, -0.25) is 4.79 Å². The summed E-state index contributed by atoms with van der Waals surface area (Å²) in [5, 5.41) is 3.47. The Labute approximate surface area is 197 Å². The fourth-order valence-electron chi connectivity index (χ4n) is 4.58. The number of likely N-dealkylation sites (tertiary alicyclic amines) is 1. The van der Waals surface area contributed by atoms with Crippen molar-refractivity contribution in [1.29, 1.82) is 0 Å². The van der Waals surface area contributed by atoms with Crippen LogP contribution in [0.2, 0.25) is 0 Å². The monoisotopic (exact) mass is 449 g/mol. The zero-order valence-corrected chi connectivity index (χ0v) is 19.8. The molecule has 1 N–H and O–H groups in total. The molecule has 1 amide bonds. The predicted molar refractivity (Wildman–Crippen MR) is 133 cm³/mol. The Hall–Kier alpha value is -3.22. The summed E-state index contributed by atoms with van der Waals surface area (Å²) in [5.41, 5.74) is 3.51. The second-order valence-corrected chi connectivity index (χ2v) is 8.50. The number of benzene rings is 2. The molecular weight excluding hydrogens is 414 g/mol. The minimum Gasteiger partial charge on any atom is -0.495 e. The third kappa shape index (κ3) is 5.59. The molecule has 0 bridgehead atoms. The quantitative estimate of drug-likeness (QED) is 0.520. The molecule has 0 saturated carbocycles. The van der Waals surface area contributed by atoms with Crippen LogP contribution in [0.5, 0.6) is 5.75 Å². The number of nitrogens with one attached hydrogen (secondary N) is 1. The third-order valence-electron chi connectivity index (χ3n) is 6.39. The molecule has 0 aromatic heterocycles. The van der Waals surface area contributed by atoms with Gasteiger partial charge in [-0.2, -0.15) is 0 Å². The van der Waals surface area contributed by atoms with E-state index >= 15 is 0 Å². The summed E-state index contributed by atoms with van der Waals surface area (Å²) < 4.78 is 5.55. The highest BCUT2D eigenvalue weighted by atomic mass is 16.5. The number of ether oxygens (including phenoxy) is 1. The van der Waals surface area contributed by atoms with E-state index in [1.807, 2.05) is 23.1 Å². The molecule has 7 heteroatoms. The predicted octanol–water partition coefficient (Wildman–Crippen LogP) is 3.11. The average molecular weight is 450 g/mol. The summed E-state index contributed by atoms with van der Waals surface area (Å²) in [4.78, 5) is 23.7. The van der Waals surface area contributed by atoms with E-state index in [1.54, 1.807) is 7.11 Å². The van der Waals surface area contributed by atoms with Crippen LogP contribution in [0.25, 0.3) is 0 Å². The molecule has 0 radical (unpaired) electrons. The average Bonchev–Trinajstić information content (AvgIpc) is 3.27. The van der Waals surface area contributed by atoms with Gasteiger partial charge in [0.05, 0.1) is 19.3 Å². The lowest BCUT2D eigenvalue weighted by atomic mass is 10.1. The first kappa shape index (κ1) is 23.0. The fraction of sp³-hybridized carbons (Fsp3) is 0.462. The minimum absolute atomic E-state index is 0.259. The second kappa shape index (κ2) is 11.1. The van der Waals surface area contributed by atoms with Crippen molar-refractivity contribution in [1.82, 2.24) is 15.1 Å². The number of anilines is 1. The number of amides is 1. The van der Waals surface area contributed by atoms with Crippen molar-refractivity contribution in [2.75, 3.05) is 51.3 Å². The van der Waals surface area contributed by atoms with E-state index in [-0.39, 0.29) is 5.91 Å². The van der Waals surface area contributed by atoms with Gasteiger partial charge in [-0.05, 0) is 36.6 Å². The van der Waals surface area contributed by atoms with Crippen molar-refractivity contribution in [3.8, 4) is 5.75 Å². The summed E-state index contributed by atoms with van der Waals surface area (Å²) in [7, 11) is 1.72. The van der Waals surface area contributed by atoms with Crippen LogP contribution in [0.4, 0.5) is 5.69 Å². The van der Waals surface area contributed by atoms with Crippen LogP contribution in [0, 0.1) is 0 Å². The smallest absolute Gasteiger partial charge is 0.222 e. The number of carbonyl (C=O) groups excluding carboxylic acids is 1. The largest absolute Gasteiger partial charge is 0.495 e. The summed E-state index contributed by atoms with van der Waals surface area (Å²) in [6.45, 7) is 8.70. The molecule has 176 valence electrons. The number of para-hydroxylation sites is 2. The van der Waals surface area contributed by atoms with E-state index < -0.39 is 0 Å². The molecule has 0 atom stereocenters. The lowest BCUT2D eigenvalue weighted by Crippen LogP contribution is -2.52. The molecule has 2 fully saturated rings. The molecule has 2 aromatic rings. The highest BCUT2D eigenvalue weighted by Crippen LogP contribution is 2.28. The number of hydrogen-bond acceptors (Lipinski definition) is 4. The second-order valence-electron chi connectivity index (χ2n) is 8.50. The number of guanidine groups is 1. The number of carbonyl (C=O) groups is 1. The summed E-state index contributed by atoms with van der Waals surface area (Å²) >= 11 is 0. The number of hydrogen-bond donors (Lipinski definition) is 1. The van der Waals surface area contributed by atoms with E-state index in [2.05, 4.69) is 52.4 Å². The van der Waals surface area contributed by atoms with Gasteiger partial charge in [-0.25, -0.2) is 4.99 Å². The van der Waals surface area contributed by atoms with E-state index in [1.165, 1.54) is 11.1 Å². The first-order valence-corrected chi connectivity index (χ1v) is 12.0. The molecule has 2 heterocycles. The zero-order valence-electron chi connectivity index (χ0n) is 19.8.